The predicted octanol–water partition coefficient (Wildman–Crippen LogP) is 0.941. The number of piperidine rings is 1. The number of fused-ring (bicyclic) bond motifs is 1. The summed E-state index contributed by atoms with van der Waals surface area (Å²) in [6.45, 7) is -1.10. The van der Waals surface area contributed by atoms with Crippen molar-refractivity contribution >= 4 is 5.91 Å². The summed E-state index contributed by atoms with van der Waals surface area (Å²) >= 11 is 0. The number of aliphatic hydroxyl groups is 1. The molecule has 1 atom stereocenters. The third-order valence-electron chi connectivity index (χ3n) is 3.42. The Morgan fingerprint density at radius 2 is 2.32 bits per heavy atom. The SMILES string of the molecule is [2H]C1([2H])Oc2ccc(CC(=O)N3CCCC(O)C3)cc2O1. The quantitative estimate of drug-likeness (QED) is 0.864. The second-order valence-corrected chi connectivity index (χ2v) is 4.88. The molecular weight excluding hydrogens is 246 g/mol. The molecule has 1 aromatic carbocycles. The Hall–Kier alpha value is -1.75. The largest absolute Gasteiger partial charge is 0.454 e. The molecule has 102 valence electrons. The highest BCUT2D eigenvalue weighted by Crippen LogP contribution is 2.32. The second kappa shape index (κ2) is 5.09. The first-order valence-corrected chi connectivity index (χ1v) is 6.40. The molecule has 1 saturated heterocycles. The third-order valence-corrected chi connectivity index (χ3v) is 3.42. The summed E-state index contributed by atoms with van der Waals surface area (Å²) in [6, 6.07) is 4.95. The highest BCUT2D eigenvalue weighted by molar-refractivity contribution is 5.79. The average Bonchev–Trinajstić information content (AvgIpc) is 2.72. The molecule has 0 aromatic heterocycles. The van der Waals surface area contributed by atoms with Crippen molar-refractivity contribution in [2.24, 2.45) is 0 Å². The van der Waals surface area contributed by atoms with Gasteiger partial charge in [0.2, 0.25) is 12.7 Å². The van der Waals surface area contributed by atoms with Crippen molar-refractivity contribution in [3.8, 4) is 11.5 Å². The summed E-state index contributed by atoms with van der Waals surface area (Å²) in [5, 5.41) is 9.61. The van der Waals surface area contributed by atoms with Crippen LogP contribution in [0.25, 0.3) is 0 Å². The molecule has 3 rings (SSSR count). The number of nitrogens with zero attached hydrogens (tertiary/aromatic N) is 1. The van der Waals surface area contributed by atoms with Crippen LogP contribution in [0.4, 0.5) is 0 Å². The number of rotatable bonds is 2. The standard InChI is InChI=1S/C14H17NO4/c16-11-2-1-5-15(8-11)14(17)7-10-3-4-12-13(6-10)19-9-18-12/h3-4,6,11,16H,1-2,5,7-9H2/i9D2. The van der Waals surface area contributed by atoms with Crippen molar-refractivity contribution < 1.29 is 22.1 Å². The van der Waals surface area contributed by atoms with E-state index in [0.717, 1.165) is 18.4 Å². The molecule has 0 bridgehead atoms. The Balaban J connectivity index is 1.67. The van der Waals surface area contributed by atoms with Crippen LogP contribution in [0.1, 0.15) is 21.1 Å². The highest BCUT2D eigenvalue weighted by atomic mass is 16.7. The first kappa shape index (κ1) is 10.1. The van der Waals surface area contributed by atoms with E-state index in [4.69, 9.17) is 12.2 Å². The minimum absolute atomic E-state index is 0.0457. The number of carbonyl (C=O) groups excluding carboxylic acids is 1. The normalized spacial score (nSPS) is 25.7. The van der Waals surface area contributed by atoms with E-state index in [9.17, 15) is 9.90 Å². The Morgan fingerprint density at radius 3 is 3.16 bits per heavy atom. The lowest BCUT2D eigenvalue weighted by Crippen LogP contribution is -2.42. The Morgan fingerprint density at radius 1 is 1.47 bits per heavy atom. The van der Waals surface area contributed by atoms with Crippen LogP contribution in [0.15, 0.2) is 18.2 Å². The van der Waals surface area contributed by atoms with Crippen molar-refractivity contribution in [1.82, 2.24) is 4.90 Å². The van der Waals surface area contributed by atoms with Crippen LogP contribution in [0.2, 0.25) is 0 Å². The van der Waals surface area contributed by atoms with Crippen molar-refractivity contribution in [3.63, 3.8) is 0 Å². The minimum Gasteiger partial charge on any atom is -0.454 e. The summed E-state index contributed by atoms with van der Waals surface area (Å²) in [7, 11) is 0. The van der Waals surface area contributed by atoms with Crippen LogP contribution in [-0.2, 0) is 11.2 Å². The first-order chi connectivity index (χ1) is 9.93. The molecule has 0 saturated carbocycles. The molecule has 1 fully saturated rings. The van der Waals surface area contributed by atoms with Gasteiger partial charge in [0.25, 0.3) is 0 Å². The maximum absolute atomic E-state index is 12.2. The van der Waals surface area contributed by atoms with Crippen LogP contribution in [0.5, 0.6) is 11.5 Å². The summed E-state index contributed by atoms with van der Waals surface area (Å²) < 4.78 is 24.8. The average molecular weight is 265 g/mol. The van der Waals surface area contributed by atoms with Crippen molar-refractivity contribution in [2.45, 2.75) is 25.4 Å². The number of amides is 1. The zero-order valence-corrected chi connectivity index (χ0v) is 10.5. The van der Waals surface area contributed by atoms with Crippen LogP contribution in [0, 0.1) is 0 Å². The van der Waals surface area contributed by atoms with Gasteiger partial charge in [-0.15, -0.1) is 0 Å². The molecular formula is C14H17NO4. The molecule has 1 unspecified atom stereocenters. The third kappa shape index (κ3) is 2.66. The van der Waals surface area contributed by atoms with Crippen molar-refractivity contribution in [1.29, 1.82) is 0 Å². The predicted molar refractivity (Wildman–Crippen MR) is 68.1 cm³/mol. The molecule has 0 radical (unpaired) electrons. The van der Waals surface area contributed by atoms with Gasteiger partial charge in [-0.05, 0) is 30.5 Å². The molecule has 19 heavy (non-hydrogen) atoms. The molecule has 2 heterocycles. The van der Waals surface area contributed by atoms with E-state index >= 15 is 0 Å². The summed E-state index contributed by atoms with van der Waals surface area (Å²) in [5.74, 6) is 0.601. The van der Waals surface area contributed by atoms with Gasteiger partial charge in [-0.25, -0.2) is 0 Å². The van der Waals surface area contributed by atoms with E-state index in [1.165, 1.54) is 0 Å². The van der Waals surface area contributed by atoms with E-state index < -0.39 is 12.8 Å². The van der Waals surface area contributed by atoms with Gasteiger partial charge in [0.05, 0.1) is 12.5 Å². The van der Waals surface area contributed by atoms with Gasteiger partial charge < -0.3 is 19.5 Å². The van der Waals surface area contributed by atoms with Gasteiger partial charge in [-0.1, -0.05) is 6.07 Å². The second-order valence-electron chi connectivity index (χ2n) is 4.88. The lowest BCUT2D eigenvalue weighted by atomic mass is 10.1. The van der Waals surface area contributed by atoms with Gasteiger partial charge in [0.15, 0.2) is 11.5 Å². The molecule has 0 spiro atoms. The van der Waals surface area contributed by atoms with Crippen molar-refractivity contribution in [2.75, 3.05) is 19.8 Å². The molecule has 5 nitrogen and oxygen atoms in total. The Bertz CT molecular complexity index is 564. The number of carbonyl (C=O) groups is 1. The smallest absolute Gasteiger partial charge is 0.231 e. The van der Waals surface area contributed by atoms with Crippen LogP contribution in [0.3, 0.4) is 0 Å². The fourth-order valence-corrected chi connectivity index (χ4v) is 2.40. The molecule has 1 aromatic rings. The van der Waals surface area contributed by atoms with Gasteiger partial charge >= 0.3 is 0 Å². The topological polar surface area (TPSA) is 59.0 Å². The van der Waals surface area contributed by atoms with Gasteiger partial charge in [-0.3, -0.25) is 4.79 Å². The number of aliphatic hydroxyl groups excluding tert-OH is 1. The maximum Gasteiger partial charge on any atom is 0.231 e. The number of ether oxygens (including phenoxy) is 2. The molecule has 1 amide bonds. The Labute approximate surface area is 114 Å². The number of hydrogen-bond donors (Lipinski definition) is 1. The molecule has 5 heteroatoms. The van der Waals surface area contributed by atoms with Gasteiger partial charge in [0.1, 0.15) is 2.74 Å². The van der Waals surface area contributed by atoms with Gasteiger partial charge in [0, 0.05) is 13.1 Å². The minimum atomic E-state index is -2.15. The summed E-state index contributed by atoms with van der Waals surface area (Å²) in [6.07, 6.45) is 1.32. The molecule has 2 aliphatic heterocycles. The van der Waals surface area contributed by atoms with E-state index in [-0.39, 0.29) is 12.3 Å². The lowest BCUT2D eigenvalue weighted by Gasteiger charge is -2.30. The highest BCUT2D eigenvalue weighted by Gasteiger charge is 2.22. The fraction of sp³-hybridized carbons (Fsp3) is 0.500. The van der Waals surface area contributed by atoms with Crippen LogP contribution < -0.4 is 9.47 Å². The number of likely N-dealkylation sites (tertiary alicyclic amines) is 1. The summed E-state index contributed by atoms with van der Waals surface area (Å²) in [4.78, 5) is 13.9. The first-order valence-electron chi connectivity index (χ1n) is 7.40. The maximum atomic E-state index is 12.2. The van der Waals surface area contributed by atoms with Crippen LogP contribution in [-0.4, -0.2) is 41.9 Å². The molecule has 0 aliphatic carbocycles. The zero-order chi connectivity index (χ0) is 15.0. The van der Waals surface area contributed by atoms with E-state index in [1.807, 2.05) is 0 Å². The van der Waals surface area contributed by atoms with Crippen molar-refractivity contribution in [3.05, 3.63) is 23.8 Å². The van der Waals surface area contributed by atoms with E-state index in [2.05, 4.69) is 0 Å². The monoisotopic (exact) mass is 265 g/mol. The number of β-amino-alcohol motifs (C(OH)–C–C–N with tert-alkyl or cyclic N) is 1. The van der Waals surface area contributed by atoms with E-state index in [0.29, 0.717) is 24.6 Å². The Kier molecular flexibility index (Phi) is 2.70. The van der Waals surface area contributed by atoms with E-state index in [1.54, 1.807) is 23.1 Å². The zero-order valence-electron chi connectivity index (χ0n) is 12.5. The fourth-order valence-electron chi connectivity index (χ4n) is 2.40. The summed E-state index contributed by atoms with van der Waals surface area (Å²) in [5.41, 5.74) is 0.736. The van der Waals surface area contributed by atoms with Gasteiger partial charge in [-0.2, -0.15) is 0 Å². The molecule has 1 N–H and O–H groups in total. The van der Waals surface area contributed by atoms with Crippen LogP contribution >= 0.6 is 0 Å². The molecule has 2 aliphatic rings. The number of hydrogen-bond acceptors (Lipinski definition) is 4. The lowest BCUT2D eigenvalue weighted by molar-refractivity contribution is -0.133. The number of benzene rings is 1.